The summed E-state index contributed by atoms with van der Waals surface area (Å²) in [6.07, 6.45) is 17.7. The van der Waals surface area contributed by atoms with Gasteiger partial charge in [-0.2, -0.15) is 0 Å². The molecule has 0 spiro atoms. The molecule has 3 heteroatoms. The van der Waals surface area contributed by atoms with E-state index in [-0.39, 0.29) is 0 Å². The number of unbranched alkanes of at least 4 members (excludes halogenated alkanes) is 12. The van der Waals surface area contributed by atoms with Gasteiger partial charge in [0.05, 0.1) is 0 Å². The summed E-state index contributed by atoms with van der Waals surface area (Å²) in [5, 5.41) is 0. The second-order valence-corrected chi connectivity index (χ2v) is 7.98. The molecule has 0 aromatic heterocycles. The monoisotopic (exact) mass is 327 g/mol. The van der Waals surface area contributed by atoms with E-state index >= 15 is 0 Å². The second kappa shape index (κ2) is 13.8. The third-order valence-electron chi connectivity index (χ3n) is 3.46. The fraction of sp³-hybridized carbons (Fsp3) is 0.938. The van der Waals surface area contributed by atoms with Gasteiger partial charge in [-0.3, -0.25) is 0 Å². The van der Waals surface area contributed by atoms with Crippen molar-refractivity contribution in [2.75, 3.05) is 0 Å². The van der Waals surface area contributed by atoms with Crippen molar-refractivity contribution in [1.29, 1.82) is 0 Å². The first kappa shape index (κ1) is 19.9. The summed E-state index contributed by atoms with van der Waals surface area (Å²) in [4.78, 5) is 0. The molecule has 19 heavy (non-hydrogen) atoms. The van der Waals surface area contributed by atoms with Crippen molar-refractivity contribution in [3.63, 3.8) is 0 Å². The van der Waals surface area contributed by atoms with Crippen LogP contribution in [-0.4, -0.2) is 3.79 Å². The van der Waals surface area contributed by atoms with Crippen LogP contribution in [-0.2, 0) is 0 Å². The predicted molar refractivity (Wildman–Crippen MR) is 90.3 cm³/mol. The molecule has 0 rings (SSSR count). The fourth-order valence-electron chi connectivity index (χ4n) is 2.27. The molecule has 0 bridgehead atoms. The Balaban J connectivity index is 2.99. The number of hydrogen-bond donors (Lipinski definition) is 0. The van der Waals surface area contributed by atoms with Crippen LogP contribution in [0.1, 0.15) is 89.9 Å². The minimum Gasteiger partial charge on any atom is -0.0837 e. The lowest BCUT2D eigenvalue weighted by molar-refractivity contribution is 0.538. The van der Waals surface area contributed by atoms with Gasteiger partial charge in [-0.15, -0.1) is 0 Å². The zero-order valence-electron chi connectivity index (χ0n) is 12.2. The van der Waals surface area contributed by atoms with Crippen molar-refractivity contribution in [3.8, 4) is 0 Å². The second-order valence-electron chi connectivity index (χ2n) is 5.46. The van der Waals surface area contributed by atoms with Crippen molar-refractivity contribution in [3.05, 3.63) is 6.92 Å². The van der Waals surface area contributed by atoms with E-state index in [0.717, 1.165) is 12.8 Å². The van der Waals surface area contributed by atoms with Crippen LogP contribution in [0.2, 0.25) is 0 Å². The van der Waals surface area contributed by atoms with Gasteiger partial charge in [0, 0.05) is 0 Å². The lowest BCUT2D eigenvalue weighted by atomic mass is 10.0. The highest BCUT2D eigenvalue weighted by Crippen LogP contribution is 2.32. The Morgan fingerprint density at radius 1 is 0.526 bits per heavy atom. The van der Waals surface area contributed by atoms with Crippen LogP contribution in [0.25, 0.3) is 0 Å². The van der Waals surface area contributed by atoms with Crippen LogP contribution >= 0.6 is 34.8 Å². The Morgan fingerprint density at radius 2 is 0.842 bits per heavy atom. The zero-order valence-corrected chi connectivity index (χ0v) is 14.5. The minimum atomic E-state index is -1.05. The van der Waals surface area contributed by atoms with Gasteiger partial charge >= 0.3 is 0 Å². The van der Waals surface area contributed by atoms with E-state index in [2.05, 4.69) is 6.92 Å². The number of halogens is 3. The van der Waals surface area contributed by atoms with Gasteiger partial charge in [-0.25, -0.2) is 0 Å². The highest BCUT2D eigenvalue weighted by molar-refractivity contribution is 6.67. The molecule has 1 radical (unpaired) electrons. The topological polar surface area (TPSA) is 0 Å². The first-order chi connectivity index (χ1) is 9.06. The molecule has 0 aliphatic carbocycles. The van der Waals surface area contributed by atoms with Gasteiger partial charge < -0.3 is 0 Å². The summed E-state index contributed by atoms with van der Waals surface area (Å²) in [5.74, 6) is 0. The molecular formula is C16H30Cl3. The number of hydrogen-bond acceptors (Lipinski definition) is 0. The van der Waals surface area contributed by atoms with Gasteiger partial charge in [0.15, 0.2) is 3.79 Å². The molecule has 0 heterocycles. The minimum absolute atomic E-state index is 0.685. The van der Waals surface area contributed by atoms with E-state index < -0.39 is 3.79 Å². The van der Waals surface area contributed by atoms with Crippen LogP contribution in [0.15, 0.2) is 0 Å². The van der Waals surface area contributed by atoms with Crippen LogP contribution in [0.4, 0.5) is 0 Å². The Kier molecular flexibility index (Phi) is 14.5. The van der Waals surface area contributed by atoms with Gasteiger partial charge in [0.2, 0.25) is 0 Å². The third-order valence-corrected chi connectivity index (χ3v) is 4.03. The summed E-state index contributed by atoms with van der Waals surface area (Å²) in [7, 11) is 0. The summed E-state index contributed by atoms with van der Waals surface area (Å²) in [5.41, 5.74) is 0. The highest BCUT2D eigenvalue weighted by Gasteiger charge is 2.17. The van der Waals surface area contributed by atoms with Crippen molar-refractivity contribution < 1.29 is 0 Å². The predicted octanol–water partition coefficient (Wildman–Crippen LogP) is 7.65. The van der Waals surface area contributed by atoms with Gasteiger partial charge in [-0.1, -0.05) is 119 Å². The van der Waals surface area contributed by atoms with E-state index in [1.54, 1.807) is 0 Å². The van der Waals surface area contributed by atoms with Crippen LogP contribution in [0, 0.1) is 6.92 Å². The summed E-state index contributed by atoms with van der Waals surface area (Å²) in [6, 6.07) is 0. The maximum Gasteiger partial charge on any atom is 0.190 e. The largest absolute Gasteiger partial charge is 0.190 e. The van der Waals surface area contributed by atoms with E-state index in [9.17, 15) is 0 Å². The van der Waals surface area contributed by atoms with Crippen molar-refractivity contribution in [2.24, 2.45) is 0 Å². The number of rotatable bonds is 13. The van der Waals surface area contributed by atoms with E-state index in [1.807, 2.05) is 0 Å². The normalized spacial score (nSPS) is 12.0. The quantitative estimate of drug-likeness (QED) is 0.240. The molecule has 0 atom stereocenters. The molecule has 0 saturated carbocycles. The van der Waals surface area contributed by atoms with Crippen molar-refractivity contribution in [2.45, 2.75) is 93.7 Å². The Labute approximate surface area is 135 Å². The molecule has 0 aliphatic heterocycles. The Hall–Kier alpha value is 0.870. The highest BCUT2D eigenvalue weighted by atomic mass is 35.6. The lowest BCUT2D eigenvalue weighted by Crippen LogP contribution is -2.00. The molecular weight excluding hydrogens is 299 g/mol. The van der Waals surface area contributed by atoms with E-state index in [1.165, 1.54) is 70.6 Å². The molecule has 0 amide bonds. The van der Waals surface area contributed by atoms with Crippen LogP contribution in [0.3, 0.4) is 0 Å². The Bertz CT molecular complexity index is 175. The molecule has 115 valence electrons. The SMILES string of the molecule is [CH2]CCCCCCCCCCCCCCC(Cl)(Cl)Cl. The molecule has 0 unspecified atom stereocenters. The van der Waals surface area contributed by atoms with E-state index in [0.29, 0.717) is 6.42 Å². The third kappa shape index (κ3) is 18.9. The lowest BCUT2D eigenvalue weighted by Gasteiger charge is -2.09. The summed E-state index contributed by atoms with van der Waals surface area (Å²) < 4.78 is -1.05. The molecule has 0 aliphatic rings. The maximum absolute atomic E-state index is 5.70. The molecule has 0 nitrogen and oxygen atoms in total. The van der Waals surface area contributed by atoms with Gasteiger partial charge in [0.25, 0.3) is 0 Å². The molecule has 0 N–H and O–H groups in total. The fourth-order valence-corrected chi connectivity index (χ4v) is 2.67. The summed E-state index contributed by atoms with van der Waals surface area (Å²) in [6.45, 7) is 3.87. The number of alkyl halides is 3. The summed E-state index contributed by atoms with van der Waals surface area (Å²) >= 11 is 17.1. The molecule has 0 aromatic rings. The first-order valence-electron chi connectivity index (χ1n) is 7.92. The maximum atomic E-state index is 5.70. The Morgan fingerprint density at radius 3 is 1.16 bits per heavy atom. The molecule has 0 aromatic carbocycles. The smallest absolute Gasteiger partial charge is 0.0837 e. The van der Waals surface area contributed by atoms with E-state index in [4.69, 9.17) is 34.8 Å². The van der Waals surface area contributed by atoms with Gasteiger partial charge in [-0.05, 0) is 12.8 Å². The molecule has 0 fully saturated rings. The van der Waals surface area contributed by atoms with Crippen LogP contribution < -0.4 is 0 Å². The van der Waals surface area contributed by atoms with Gasteiger partial charge in [0.1, 0.15) is 0 Å². The van der Waals surface area contributed by atoms with Crippen LogP contribution in [0.5, 0.6) is 0 Å². The zero-order chi connectivity index (χ0) is 14.4. The first-order valence-corrected chi connectivity index (χ1v) is 9.05. The van der Waals surface area contributed by atoms with Crippen molar-refractivity contribution >= 4 is 34.8 Å². The average molecular weight is 329 g/mol. The standard InChI is InChI=1S/C16H30Cl3/c1-2-3-4-5-6-7-8-9-10-11-12-13-14-15-16(17,18)19/h1-15H2. The van der Waals surface area contributed by atoms with Crippen molar-refractivity contribution in [1.82, 2.24) is 0 Å². The average Bonchev–Trinajstić information content (AvgIpc) is 2.34. The molecule has 0 saturated heterocycles.